The first-order valence-electron chi connectivity index (χ1n) is 6.27. The van der Waals surface area contributed by atoms with E-state index in [1.807, 2.05) is 5.48 Å². The van der Waals surface area contributed by atoms with Crippen LogP contribution in [0.3, 0.4) is 0 Å². The van der Waals surface area contributed by atoms with Gasteiger partial charge in [0.25, 0.3) is 0 Å². The number of aromatic nitrogens is 1. The van der Waals surface area contributed by atoms with Crippen molar-refractivity contribution in [2.24, 2.45) is 0 Å². The normalized spacial score (nSPS) is 11.2. The molecule has 0 radical (unpaired) electrons. The fourth-order valence-corrected chi connectivity index (χ4v) is 1.93. The second-order valence-corrected chi connectivity index (χ2v) is 4.53. The first-order valence-corrected chi connectivity index (χ1v) is 6.27. The van der Waals surface area contributed by atoms with E-state index in [0.717, 1.165) is 17.9 Å². The third-order valence-electron chi connectivity index (χ3n) is 2.93. The van der Waals surface area contributed by atoms with Crippen LogP contribution in [0.15, 0.2) is 36.5 Å². The minimum atomic E-state index is -4.70. The van der Waals surface area contributed by atoms with E-state index in [1.54, 1.807) is 0 Å². The largest absolute Gasteiger partial charge is 0.416 e. The molecular weight excluding hydrogens is 318 g/mol. The van der Waals surface area contributed by atoms with E-state index in [1.165, 1.54) is 18.3 Å². The van der Waals surface area contributed by atoms with Crippen LogP contribution >= 0.6 is 0 Å². The molecule has 1 aromatic carbocycles. The summed E-state index contributed by atoms with van der Waals surface area (Å²) < 4.78 is 51.8. The standard InChI is InChI=1S/C14H11F4N3O2/c1-8(22)21(13-7-10(20-23)4-5-19-13)12-3-2-9(6-11(12)15)14(16,17)18/h2-7,23H,1H3,(H,19,20). The van der Waals surface area contributed by atoms with Crippen LogP contribution in [0, 0.1) is 5.82 Å². The van der Waals surface area contributed by atoms with Gasteiger partial charge in [-0.05, 0) is 24.3 Å². The molecule has 0 aliphatic heterocycles. The molecule has 23 heavy (non-hydrogen) atoms. The van der Waals surface area contributed by atoms with Crippen LogP contribution in [-0.2, 0) is 11.0 Å². The summed E-state index contributed by atoms with van der Waals surface area (Å²) in [5.74, 6) is -1.94. The minimum absolute atomic E-state index is 0.0600. The lowest BCUT2D eigenvalue weighted by atomic mass is 10.1. The van der Waals surface area contributed by atoms with Gasteiger partial charge in [0.2, 0.25) is 5.91 Å². The van der Waals surface area contributed by atoms with E-state index < -0.39 is 23.5 Å². The lowest BCUT2D eigenvalue weighted by Crippen LogP contribution is -2.25. The summed E-state index contributed by atoms with van der Waals surface area (Å²) in [6.45, 7) is 1.11. The van der Waals surface area contributed by atoms with Gasteiger partial charge in [-0.25, -0.2) is 9.37 Å². The molecule has 2 N–H and O–H groups in total. The second kappa shape index (κ2) is 6.21. The molecular formula is C14H11F4N3O2. The van der Waals surface area contributed by atoms with Crippen molar-refractivity contribution in [3.63, 3.8) is 0 Å². The molecule has 0 saturated heterocycles. The van der Waals surface area contributed by atoms with Crippen molar-refractivity contribution in [2.75, 3.05) is 10.4 Å². The minimum Gasteiger partial charge on any atom is -0.291 e. The quantitative estimate of drug-likeness (QED) is 0.665. The Morgan fingerprint density at radius 2 is 1.96 bits per heavy atom. The van der Waals surface area contributed by atoms with E-state index in [2.05, 4.69) is 4.98 Å². The summed E-state index contributed by atoms with van der Waals surface area (Å²) in [6.07, 6.45) is -3.45. The van der Waals surface area contributed by atoms with Gasteiger partial charge in [0, 0.05) is 19.2 Å². The Morgan fingerprint density at radius 3 is 2.48 bits per heavy atom. The van der Waals surface area contributed by atoms with E-state index in [0.29, 0.717) is 12.1 Å². The number of carbonyl (C=O) groups is 1. The number of nitrogens with one attached hydrogen (secondary N) is 1. The van der Waals surface area contributed by atoms with Crippen LogP contribution in [0.4, 0.5) is 34.8 Å². The smallest absolute Gasteiger partial charge is 0.291 e. The van der Waals surface area contributed by atoms with Gasteiger partial charge in [-0.3, -0.25) is 20.4 Å². The van der Waals surface area contributed by atoms with Gasteiger partial charge in [0.05, 0.1) is 16.9 Å². The zero-order valence-corrected chi connectivity index (χ0v) is 11.7. The number of carbonyl (C=O) groups excluding carboxylic acids is 1. The summed E-state index contributed by atoms with van der Waals surface area (Å²) in [5, 5.41) is 8.85. The molecule has 5 nitrogen and oxygen atoms in total. The molecule has 0 spiro atoms. The van der Waals surface area contributed by atoms with Gasteiger partial charge in [-0.1, -0.05) is 0 Å². The van der Waals surface area contributed by atoms with Crippen molar-refractivity contribution in [2.45, 2.75) is 13.1 Å². The van der Waals surface area contributed by atoms with Gasteiger partial charge in [0.1, 0.15) is 11.6 Å². The number of benzene rings is 1. The summed E-state index contributed by atoms with van der Waals surface area (Å²) in [5.41, 5.74) is 0.463. The highest BCUT2D eigenvalue weighted by Gasteiger charge is 2.32. The zero-order valence-electron chi connectivity index (χ0n) is 11.7. The average molecular weight is 329 g/mol. The highest BCUT2D eigenvalue weighted by Crippen LogP contribution is 2.34. The fourth-order valence-electron chi connectivity index (χ4n) is 1.93. The monoisotopic (exact) mass is 329 g/mol. The molecule has 0 unspecified atom stereocenters. The third-order valence-corrected chi connectivity index (χ3v) is 2.93. The fraction of sp³-hybridized carbons (Fsp3) is 0.143. The SMILES string of the molecule is CC(=O)N(c1cc(NO)ccn1)c1ccc(C(F)(F)F)cc1F. The number of amides is 1. The molecule has 0 atom stereocenters. The summed E-state index contributed by atoms with van der Waals surface area (Å²) in [6, 6.07) is 4.44. The van der Waals surface area contributed by atoms with Crippen LogP contribution in [0.25, 0.3) is 0 Å². The molecule has 0 aliphatic rings. The van der Waals surface area contributed by atoms with Crippen LogP contribution in [0.1, 0.15) is 12.5 Å². The summed E-state index contributed by atoms with van der Waals surface area (Å²) >= 11 is 0. The number of hydrogen-bond donors (Lipinski definition) is 2. The van der Waals surface area contributed by atoms with Crippen molar-refractivity contribution >= 4 is 23.1 Å². The number of alkyl halides is 3. The Morgan fingerprint density at radius 1 is 1.26 bits per heavy atom. The molecule has 9 heteroatoms. The molecule has 0 fully saturated rings. The topological polar surface area (TPSA) is 65.5 Å². The zero-order chi connectivity index (χ0) is 17.2. The Labute approximate surface area is 128 Å². The van der Waals surface area contributed by atoms with Crippen molar-refractivity contribution in [1.29, 1.82) is 0 Å². The van der Waals surface area contributed by atoms with Gasteiger partial charge >= 0.3 is 6.18 Å². The second-order valence-electron chi connectivity index (χ2n) is 4.53. The lowest BCUT2D eigenvalue weighted by Gasteiger charge is -2.21. The van der Waals surface area contributed by atoms with Gasteiger partial charge < -0.3 is 0 Å². The van der Waals surface area contributed by atoms with Crippen LogP contribution in [-0.4, -0.2) is 16.1 Å². The predicted molar refractivity (Wildman–Crippen MR) is 73.9 cm³/mol. The van der Waals surface area contributed by atoms with Crippen LogP contribution in [0.2, 0.25) is 0 Å². The van der Waals surface area contributed by atoms with E-state index in [9.17, 15) is 22.4 Å². The van der Waals surface area contributed by atoms with Crippen molar-refractivity contribution in [3.05, 3.63) is 47.9 Å². The number of nitrogens with zero attached hydrogens (tertiary/aromatic N) is 2. The maximum absolute atomic E-state index is 14.1. The Kier molecular flexibility index (Phi) is 4.50. The molecule has 1 aromatic heterocycles. The molecule has 2 aromatic rings. The first-order chi connectivity index (χ1) is 10.7. The van der Waals surface area contributed by atoms with Crippen LogP contribution in [0.5, 0.6) is 0 Å². The van der Waals surface area contributed by atoms with E-state index in [-0.39, 0.29) is 17.2 Å². The summed E-state index contributed by atoms with van der Waals surface area (Å²) in [4.78, 5) is 16.5. The summed E-state index contributed by atoms with van der Waals surface area (Å²) in [7, 11) is 0. The molecule has 0 bridgehead atoms. The van der Waals surface area contributed by atoms with Gasteiger partial charge in [0.15, 0.2) is 0 Å². The Hall–Kier alpha value is -2.68. The molecule has 0 aliphatic carbocycles. The number of pyridine rings is 1. The van der Waals surface area contributed by atoms with Gasteiger partial charge in [-0.15, -0.1) is 0 Å². The third kappa shape index (κ3) is 3.57. The molecule has 122 valence electrons. The number of anilines is 3. The lowest BCUT2D eigenvalue weighted by molar-refractivity contribution is -0.137. The maximum Gasteiger partial charge on any atom is 0.416 e. The maximum atomic E-state index is 14.1. The van der Waals surface area contributed by atoms with E-state index >= 15 is 0 Å². The highest BCUT2D eigenvalue weighted by atomic mass is 19.4. The number of rotatable bonds is 3. The van der Waals surface area contributed by atoms with Gasteiger partial charge in [-0.2, -0.15) is 13.2 Å². The predicted octanol–water partition coefficient (Wildman–Crippen LogP) is 3.73. The Bertz CT molecular complexity index is 734. The molecule has 1 amide bonds. The van der Waals surface area contributed by atoms with Crippen LogP contribution < -0.4 is 10.4 Å². The Balaban J connectivity index is 2.52. The average Bonchev–Trinajstić information content (AvgIpc) is 2.48. The molecule has 0 saturated carbocycles. The van der Waals surface area contributed by atoms with Crippen molar-refractivity contribution in [3.8, 4) is 0 Å². The van der Waals surface area contributed by atoms with Crippen molar-refractivity contribution in [1.82, 2.24) is 4.98 Å². The first kappa shape index (κ1) is 16.7. The number of hydrogen-bond acceptors (Lipinski definition) is 4. The van der Waals surface area contributed by atoms with E-state index in [4.69, 9.17) is 5.21 Å². The molecule has 1 heterocycles. The molecule has 2 rings (SSSR count). The van der Waals surface area contributed by atoms with Crippen molar-refractivity contribution < 1.29 is 27.6 Å². The number of halogens is 4. The highest BCUT2D eigenvalue weighted by molar-refractivity contribution is 5.98.